The van der Waals surface area contributed by atoms with Crippen LogP contribution in [-0.4, -0.2) is 61.8 Å². The van der Waals surface area contributed by atoms with Crippen molar-refractivity contribution in [2.45, 2.75) is 13.3 Å². The van der Waals surface area contributed by atoms with Crippen molar-refractivity contribution in [2.75, 3.05) is 36.4 Å². The number of aromatic nitrogens is 5. The summed E-state index contributed by atoms with van der Waals surface area (Å²) in [6.07, 6.45) is 1.80. The second-order valence-corrected chi connectivity index (χ2v) is 8.31. The first-order valence-electron chi connectivity index (χ1n) is 10.6. The summed E-state index contributed by atoms with van der Waals surface area (Å²) in [7, 11) is 0. The zero-order chi connectivity index (χ0) is 22.9. The van der Waals surface area contributed by atoms with Crippen molar-refractivity contribution < 1.29 is 9.18 Å². The molecule has 9 nitrogen and oxygen atoms in total. The largest absolute Gasteiger partial charge is 0.339 e. The number of carbonyl (C=O) groups is 1. The highest BCUT2D eigenvalue weighted by molar-refractivity contribution is 6.31. The summed E-state index contributed by atoms with van der Waals surface area (Å²) < 4.78 is 15.8. The summed E-state index contributed by atoms with van der Waals surface area (Å²) in [5.74, 6) is 1.25. The molecule has 3 aromatic heterocycles. The Labute approximate surface area is 194 Å². The molecule has 11 heteroatoms. The highest BCUT2D eigenvalue weighted by Gasteiger charge is 2.25. The highest BCUT2D eigenvalue weighted by atomic mass is 35.5. The van der Waals surface area contributed by atoms with E-state index in [0.717, 1.165) is 11.2 Å². The predicted octanol–water partition coefficient (Wildman–Crippen LogP) is 3.19. The first-order valence-corrected chi connectivity index (χ1v) is 11.0. The fourth-order valence-corrected chi connectivity index (χ4v) is 4.10. The second kappa shape index (κ2) is 8.70. The number of benzene rings is 1. The van der Waals surface area contributed by atoms with Gasteiger partial charge >= 0.3 is 0 Å². The van der Waals surface area contributed by atoms with Crippen LogP contribution in [0.25, 0.3) is 5.52 Å². The highest BCUT2D eigenvalue weighted by Crippen LogP contribution is 2.24. The Balaban J connectivity index is 1.30. The van der Waals surface area contributed by atoms with Gasteiger partial charge in [0.15, 0.2) is 11.6 Å². The van der Waals surface area contributed by atoms with Gasteiger partial charge in [0.1, 0.15) is 11.3 Å². The van der Waals surface area contributed by atoms with E-state index < -0.39 is 5.82 Å². The third kappa shape index (κ3) is 4.34. The molecule has 1 aliphatic rings. The van der Waals surface area contributed by atoms with Crippen LogP contribution in [-0.2, 0) is 11.2 Å². The van der Waals surface area contributed by atoms with E-state index in [-0.39, 0.29) is 22.9 Å². The van der Waals surface area contributed by atoms with Gasteiger partial charge in [0.25, 0.3) is 0 Å². The fourth-order valence-electron chi connectivity index (χ4n) is 3.87. The number of H-pyrrole nitrogens is 1. The van der Waals surface area contributed by atoms with E-state index in [4.69, 9.17) is 16.6 Å². The molecule has 0 atom stereocenters. The number of aromatic amines is 1. The summed E-state index contributed by atoms with van der Waals surface area (Å²) in [5, 5.41) is 15.3. The molecule has 33 heavy (non-hydrogen) atoms. The Hall–Kier alpha value is -3.66. The smallest absolute Gasteiger partial charge is 0.245 e. The molecule has 4 heterocycles. The molecule has 0 bridgehead atoms. The van der Waals surface area contributed by atoms with E-state index in [9.17, 15) is 9.18 Å². The summed E-state index contributed by atoms with van der Waals surface area (Å²) in [4.78, 5) is 21.2. The molecule has 1 aliphatic heterocycles. The number of aryl methyl sites for hydroxylation is 1. The molecule has 170 valence electrons. The van der Waals surface area contributed by atoms with Crippen LogP contribution in [0.2, 0.25) is 5.02 Å². The van der Waals surface area contributed by atoms with Crippen molar-refractivity contribution in [3.05, 3.63) is 64.7 Å². The monoisotopic (exact) mass is 468 g/mol. The molecule has 0 aliphatic carbocycles. The van der Waals surface area contributed by atoms with Crippen molar-refractivity contribution in [3.63, 3.8) is 0 Å². The number of rotatable bonds is 5. The van der Waals surface area contributed by atoms with Crippen molar-refractivity contribution >= 4 is 40.6 Å². The molecule has 0 unspecified atom stereocenters. The van der Waals surface area contributed by atoms with Gasteiger partial charge in [0, 0.05) is 54.7 Å². The molecule has 1 fully saturated rings. The number of hydrogen-bond acceptors (Lipinski definition) is 6. The van der Waals surface area contributed by atoms with Gasteiger partial charge in [0.05, 0.1) is 6.42 Å². The standard InChI is InChI=1S/C22H22ClFN8O/c1-14-12-19(28-27-14)25-21-18-6-3-7-32(18)29-22(26-21)31-10-8-30(9-11-31)20(33)13-15-16(23)4-2-5-17(15)24/h2-7,12H,8-11,13H2,1H3,(H2,25,26,27,28,29). The molecule has 4 aromatic rings. The van der Waals surface area contributed by atoms with Crippen LogP contribution in [0.1, 0.15) is 11.3 Å². The second-order valence-electron chi connectivity index (χ2n) is 7.90. The maximum Gasteiger partial charge on any atom is 0.245 e. The Morgan fingerprint density at radius 1 is 1.21 bits per heavy atom. The topological polar surface area (TPSA) is 94.5 Å². The average molecular weight is 469 g/mol. The van der Waals surface area contributed by atoms with Gasteiger partial charge in [-0.05, 0) is 31.2 Å². The van der Waals surface area contributed by atoms with E-state index in [1.165, 1.54) is 12.1 Å². The summed E-state index contributed by atoms with van der Waals surface area (Å²) in [6, 6.07) is 10.2. The van der Waals surface area contributed by atoms with E-state index in [0.29, 0.717) is 43.8 Å². The predicted molar refractivity (Wildman–Crippen MR) is 124 cm³/mol. The number of anilines is 3. The van der Waals surface area contributed by atoms with E-state index in [1.807, 2.05) is 36.2 Å². The summed E-state index contributed by atoms with van der Waals surface area (Å²) in [5.41, 5.74) is 2.00. The molecule has 5 rings (SSSR count). The number of amides is 1. The first kappa shape index (κ1) is 21.2. The van der Waals surface area contributed by atoms with Crippen LogP contribution in [0.4, 0.5) is 22.0 Å². The zero-order valence-electron chi connectivity index (χ0n) is 17.9. The van der Waals surface area contributed by atoms with Gasteiger partial charge in [-0.15, -0.1) is 5.10 Å². The number of piperazine rings is 1. The lowest BCUT2D eigenvalue weighted by atomic mass is 10.1. The van der Waals surface area contributed by atoms with Crippen molar-refractivity contribution in [1.82, 2.24) is 29.7 Å². The lowest BCUT2D eigenvalue weighted by Gasteiger charge is -2.35. The van der Waals surface area contributed by atoms with Crippen LogP contribution in [0.15, 0.2) is 42.6 Å². The van der Waals surface area contributed by atoms with Crippen LogP contribution >= 0.6 is 11.6 Å². The molecule has 1 saturated heterocycles. The maximum atomic E-state index is 14.1. The van der Waals surface area contributed by atoms with Crippen LogP contribution in [0.5, 0.6) is 0 Å². The number of nitrogens with zero attached hydrogens (tertiary/aromatic N) is 6. The van der Waals surface area contributed by atoms with Crippen molar-refractivity contribution in [2.24, 2.45) is 0 Å². The zero-order valence-corrected chi connectivity index (χ0v) is 18.7. The van der Waals surface area contributed by atoms with Crippen LogP contribution in [0, 0.1) is 12.7 Å². The van der Waals surface area contributed by atoms with Gasteiger partial charge in [-0.1, -0.05) is 17.7 Å². The summed E-state index contributed by atoms with van der Waals surface area (Å²) in [6.45, 7) is 4.02. The molecular formula is C22H22ClFN8O. The third-order valence-corrected chi connectivity index (χ3v) is 5.99. The minimum absolute atomic E-state index is 0.0610. The molecular weight excluding hydrogens is 447 g/mol. The van der Waals surface area contributed by atoms with E-state index in [2.05, 4.69) is 20.6 Å². The average Bonchev–Trinajstić information content (AvgIpc) is 3.45. The molecule has 0 saturated carbocycles. The Morgan fingerprint density at radius 3 is 2.76 bits per heavy atom. The van der Waals surface area contributed by atoms with E-state index >= 15 is 0 Å². The summed E-state index contributed by atoms with van der Waals surface area (Å²) >= 11 is 6.08. The number of fused-ring (bicyclic) bond motifs is 1. The van der Waals surface area contributed by atoms with Gasteiger partial charge in [0.2, 0.25) is 11.9 Å². The Bertz CT molecular complexity index is 1290. The van der Waals surface area contributed by atoms with E-state index in [1.54, 1.807) is 15.5 Å². The number of carbonyl (C=O) groups excluding carboxylic acids is 1. The third-order valence-electron chi connectivity index (χ3n) is 5.64. The SMILES string of the molecule is Cc1cc(Nc2nc(N3CCN(C(=O)Cc4c(F)cccc4Cl)CC3)nn3cccc23)n[nH]1. The number of nitrogens with one attached hydrogen (secondary N) is 2. The molecule has 1 amide bonds. The first-order chi connectivity index (χ1) is 16.0. The maximum absolute atomic E-state index is 14.1. The minimum atomic E-state index is -0.463. The molecule has 0 radical (unpaired) electrons. The number of halogens is 2. The van der Waals surface area contributed by atoms with Gasteiger partial charge in [-0.25, -0.2) is 8.91 Å². The Morgan fingerprint density at radius 2 is 2.03 bits per heavy atom. The van der Waals surface area contributed by atoms with Crippen molar-refractivity contribution in [3.8, 4) is 0 Å². The number of hydrogen-bond donors (Lipinski definition) is 2. The van der Waals surface area contributed by atoms with Gasteiger partial charge in [-0.3, -0.25) is 9.89 Å². The Kier molecular flexibility index (Phi) is 5.59. The fraction of sp³-hybridized carbons (Fsp3) is 0.273. The lowest BCUT2D eigenvalue weighted by molar-refractivity contribution is -0.130. The van der Waals surface area contributed by atoms with Gasteiger partial charge < -0.3 is 15.1 Å². The molecule has 2 N–H and O–H groups in total. The quantitative estimate of drug-likeness (QED) is 0.467. The molecule has 1 aromatic carbocycles. The van der Waals surface area contributed by atoms with Crippen molar-refractivity contribution in [1.29, 1.82) is 0 Å². The van der Waals surface area contributed by atoms with Crippen LogP contribution in [0.3, 0.4) is 0 Å². The lowest BCUT2D eigenvalue weighted by Crippen LogP contribution is -2.49. The normalized spacial score (nSPS) is 14.2. The minimum Gasteiger partial charge on any atom is -0.339 e. The van der Waals surface area contributed by atoms with Crippen LogP contribution < -0.4 is 10.2 Å². The molecule has 0 spiro atoms. The van der Waals surface area contributed by atoms with Gasteiger partial charge in [-0.2, -0.15) is 10.1 Å².